The molecule has 3 aromatic carbocycles. The van der Waals surface area contributed by atoms with E-state index in [0.717, 1.165) is 41.9 Å². The predicted molar refractivity (Wildman–Crippen MR) is 156 cm³/mol. The van der Waals surface area contributed by atoms with Crippen molar-refractivity contribution < 1.29 is 23.9 Å². The minimum absolute atomic E-state index is 0.320. The van der Waals surface area contributed by atoms with Crippen molar-refractivity contribution in [1.82, 2.24) is 0 Å². The number of carbonyl (C=O) groups excluding carboxylic acids is 3. The fourth-order valence-corrected chi connectivity index (χ4v) is 5.80. The maximum Gasteiger partial charge on any atom is 0.265 e. The molecule has 4 aromatic rings. The van der Waals surface area contributed by atoms with Crippen LogP contribution in [-0.4, -0.2) is 23.8 Å². The Labute approximate surface area is 236 Å². The minimum atomic E-state index is -0.782. The molecule has 0 saturated heterocycles. The largest absolute Gasteiger partial charge is 0.481 e. The smallest absolute Gasteiger partial charge is 0.265 e. The van der Waals surface area contributed by atoms with Crippen LogP contribution in [0.1, 0.15) is 50.9 Å². The summed E-state index contributed by atoms with van der Waals surface area (Å²) < 4.78 is 11.6. The lowest BCUT2D eigenvalue weighted by Crippen LogP contribution is -2.30. The SMILES string of the molecule is C[C@H](Oc1ccc(C(=O)Nc2sc3c(c2C(N)=O)CCCC3)cc1)C(=O)Nc1ccc(Oc2ccccc2)cc1. The second-order valence-corrected chi connectivity index (χ2v) is 10.6. The molecule has 8 nitrogen and oxygen atoms in total. The van der Waals surface area contributed by atoms with Gasteiger partial charge in [0.2, 0.25) is 0 Å². The molecule has 0 radical (unpaired) electrons. The number of fused-ring (bicyclic) bond motifs is 1. The highest BCUT2D eigenvalue weighted by Gasteiger charge is 2.25. The lowest BCUT2D eigenvalue weighted by Gasteiger charge is -2.15. The van der Waals surface area contributed by atoms with E-state index in [1.807, 2.05) is 30.3 Å². The molecule has 1 aromatic heterocycles. The molecule has 1 atom stereocenters. The molecule has 204 valence electrons. The van der Waals surface area contributed by atoms with E-state index in [2.05, 4.69) is 10.6 Å². The van der Waals surface area contributed by atoms with Gasteiger partial charge in [-0.25, -0.2) is 0 Å². The molecular formula is C31H29N3O5S. The Kier molecular flexibility index (Phi) is 8.12. The molecule has 0 bridgehead atoms. The normalized spacial score (nSPS) is 13.0. The number of hydrogen-bond donors (Lipinski definition) is 3. The highest BCUT2D eigenvalue weighted by atomic mass is 32.1. The zero-order chi connectivity index (χ0) is 28.1. The van der Waals surface area contributed by atoms with Crippen molar-refractivity contribution in [3.8, 4) is 17.2 Å². The maximum absolute atomic E-state index is 12.9. The molecule has 3 amide bonds. The Hall–Kier alpha value is -4.63. The second-order valence-electron chi connectivity index (χ2n) is 9.45. The molecule has 0 aliphatic heterocycles. The van der Waals surface area contributed by atoms with E-state index in [4.69, 9.17) is 15.2 Å². The highest BCUT2D eigenvalue weighted by molar-refractivity contribution is 7.17. The zero-order valence-electron chi connectivity index (χ0n) is 21.9. The van der Waals surface area contributed by atoms with Gasteiger partial charge in [-0.15, -0.1) is 11.3 Å². The van der Waals surface area contributed by atoms with Crippen LogP contribution in [0.5, 0.6) is 17.2 Å². The van der Waals surface area contributed by atoms with Gasteiger partial charge in [0.05, 0.1) is 5.56 Å². The van der Waals surface area contributed by atoms with Crippen LogP contribution in [0.3, 0.4) is 0 Å². The summed E-state index contributed by atoms with van der Waals surface area (Å²) in [6, 6.07) is 23.0. The first-order valence-corrected chi connectivity index (χ1v) is 13.9. The number of hydrogen-bond acceptors (Lipinski definition) is 6. The third-order valence-corrected chi connectivity index (χ3v) is 7.75. The number of primary amides is 1. The van der Waals surface area contributed by atoms with Crippen LogP contribution < -0.4 is 25.8 Å². The van der Waals surface area contributed by atoms with Crippen LogP contribution in [0.2, 0.25) is 0 Å². The molecular weight excluding hydrogens is 526 g/mol. The molecule has 1 heterocycles. The molecule has 0 spiro atoms. The number of ether oxygens (including phenoxy) is 2. The monoisotopic (exact) mass is 555 g/mol. The number of nitrogens with one attached hydrogen (secondary N) is 2. The van der Waals surface area contributed by atoms with Gasteiger partial charge >= 0.3 is 0 Å². The fourth-order valence-electron chi connectivity index (χ4n) is 4.51. The first-order valence-electron chi connectivity index (χ1n) is 13.0. The molecule has 0 fully saturated rings. The molecule has 9 heteroatoms. The Bertz CT molecular complexity index is 1520. The van der Waals surface area contributed by atoms with E-state index in [9.17, 15) is 14.4 Å². The van der Waals surface area contributed by atoms with Gasteiger partial charge in [-0.2, -0.15) is 0 Å². The number of para-hydroxylation sites is 1. The van der Waals surface area contributed by atoms with Crippen LogP contribution in [0, 0.1) is 0 Å². The van der Waals surface area contributed by atoms with Gasteiger partial charge in [0, 0.05) is 16.1 Å². The predicted octanol–water partition coefficient (Wildman–Crippen LogP) is 6.18. The summed E-state index contributed by atoms with van der Waals surface area (Å²) in [6.45, 7) is 1.65. The number of rotatable bonds is 9. The summed E-state index contributed by atoms with van der Waals surface area (Å²) in [7, 11) is 0. The maximum atomic E-state index is 12.9. The number of benzene rings is 3. The first-order chi connectivity index (χ1) is 19.4. The van der Waals surface area contributed by atoms with Gasteiger partial charge in [0.1, 0.15) is 22.2 Å². The Morgan fingerprint density at radius 3 is 2.17 bits per heavy atom. The number of amides is 3. The van der Waals surface area contributed by atoms with Gasteiger partial charge in [-0.05, 0) is 98.8 Å². The molecule has 5 rings (SSSR count). The van der Waals surface area contributed by atoms with Crippen molar-refractivity contribution in [3.63, 3.8) is 0 Å². The van der Waals surface area contributed by atoms with Crippen molar-refractivity contribution in [1.29, 1.82) is 0 Å². The van der Waals surface area contributed by atoms with E-state index in [0.29, 0.717) is 33.3 Å². The van der Waals surface area contributed by atoms with Crippen molar-refractivity contribution in [2.24, 2.45) is 5.73 Å². The van der Waals surface area contributed by atoms with Gasteiger partial charge in [-0.3, -0.25) is 14.4 Å². The third kappa shape index (κ3) is 6.32. The van der Waals surface area contributed by atoms with Gasteiger partial charge in [0.15, 0.2) is 6.10 Å². The summed E-state index contributed by atoms with van der Waals surface area (Å²) in [5.41, 5.74) is 8.02. The van der Waals surface area contributed by atoms with Crippen molar-refractivity contribution in [3.05, 3.63) is 100 Å². The van der Waals surface area contributed by atoms with Crippen molar-refractivity contribution in [2.45, 2.75) is 38.7 Å². The summed E-state index contributed by atoms with van der Waals surface area (Å²) in [6.07, 6.45) is 2.97. The zero-order valence-corrected chi connectivity index (χ0v) is 22.8. The summed E-state index contributed by atoms with van der Waals surface area (Å²) >= 11 is 1.42. The number of carbonyl (C=O) groups is 3. The summed E-state index contributed by atoms with van der Waals surface area (Å²) in [5, 5.41) is 6.17. The molecule has 1 aliphatic carbocycles. The Morgan fingerprint density at radius 2 is 1.48 bits per heavy atom. The lowest BCUT2D eigenvalue weighted by atomic mass is 9.95. The number of anilines is 2. The van der Waals surface area contributed by atoms with Gasteiger partial charge in [-0.1, -0.05) is 18.2 Å². The van der Waals surface area contributed by atoms with Crippen molar-refractivity contribution >= 4 is 39.7 Å². The molecule has 4 N–H and O–H groups in total. The molecule has 0 saturated carbocycles. The van der Waals surface area contributed by atoms with Crippen molar-refractivity contribution in [2.75, 3.05) is 10.6 Å². The standard InChI is InChI=1S/C31H29N3O5S/c1-19(29(36)33-21-13-17-24(18-14-21)39-22-7-3-2-4-8-22)38-23-15-11-20(12-16-23)30(37)34-31-27(28(32)35)25-9-5-6-10-26(25)40-31/h2-4,7-8,11-19H,5-6,9-10H2,1H3,(H2,32,35)(H,33,36)(H,34,37)/t19-/m0/s1. The molecule has 0 unspecified atom stereocenters. The average molecular weight is 556 g/mol. The van der Waals surface area contributed by atoms with Gasteiger partial charge in [0.25, 0.3) is 17.7 Å². The summed E-state index contributed by atoms with van der Waals surface area (Å²) in [4.78, 5) is 38.8. The van der Waals surface area contributed by atoms with E-state index < -0.39 is 12.0 Å². The Morgan fingerprint density at radius 1 is 0.825 bits per heavy atom. The van der Waals surface area contributed by atoms with Crippen LogP contribution in [0.25, 0.3) is 0 Å². The average Bonchev–Trinajstić information content (AvgIpc) is 3.33. The first kappa shape index (κ1) is 27.0. The molecule has 40 heavy (non-hydrogen) atoms. The van der Waals surface area contributed by atoms with E-state index in [-0.39, 0.29) is 11.8 Å². The van der Waals surface area contributed by atoms with Crippen LogP contribution in [0.15, 0.2) is 78.9 Å². The number of aryl methyl sites for hydroxylation is 1. The number of thiophene rings is 1. The minimum Gasteiger partial charge on any atom is -0.481 e. The fraction of sp³-hybridized carbons (Fsp3) is 0.194. The second kappa shape index (κ2) is 12.0. The van der Waals surface area contributed by atoms with Gasteiger partial charge < -0.3 is 25.8 Å². The quantitative estimate of drug-likeness (QED) is 0.228. The third-order valence-electron chi connectivity index (χ3n) is 6.54. The van der Waals surface area contributed by atoms with Crippen LogP contribution in [0.4, 0.5) is 10.7 Å². The highest BCUT2D eigenvalue weighted by Crippen LogP contribution is 2.38. The van der Waals surface area contributed by atoms with E-state index >= 15 is 0 Å². The van der Waals surface area contributed by atoms with Crippen LogP contribution >= 0.6 is 11.3 Å². The van der Waals surface area contributed by atoms with Crippen LogP contribution in [-0.2, 0) is 17.6 Å². The van der Waals surface area contributed by atoms with E-state index in [1.54, 1.807) is 55.5 Å². The van der Waals surface area contributed by atoms with E-state index in [1.165, 1.54) is 11.3 Å². The topological polar surface area (TPSA) is 120 Å². The summed E-state index contributed by atoms with van der Waals surface area (Å²) in [5.74, 6) is 0.627. The Balaban J connectivity index is 1.16. The lowest BCUT2D eigenvalue weighted by molar-refractivity contribution is -0.122. The molecule has 1 aliphatic rings. The number of nitrogens with two attached hydrogens (primary N) is 1.